The second-order valence-electron chi connectivity index (χ2n) is 7.25. The van der Waals surface area contributed by atoms with E-state index in [-0.39, 0.29) is 11.3 Å². The number of carboxylic acid groups (broad SMARTS) is 1. The molecule has 11 heteroatoms. The molecule has 0 radical (unpaired) electrons. The van der Waals surface area contributed by atoms with Gasteiger partial charge in [0.05, 0.1) is 17.3 Å². The van der Waals surface area contributed by atoms with Crippen molar-refractivity contribution in [1.82, 2.24) is 14.7 Å². The third kappa shape index (κ3) is 4.78. The SMILES string of the molecule is Cn1cc(N2CCC3(CCN(Cc4ccsc4)C3)C2=O)cn1.O=C(O)C(F)(F)F. The summed E-state index contributed by atoms with van der Waals surface area (Å²) in [7, 11) is 1.89. The summed E-state index contributed by atoms with van der Waals surface area (Å²) < 4.78 is 33.5. The van der Waals surface area contributed by atoms with E-state index in [2.05, 4.69) is 26.8 Å². The van der Waals surface area contributed by atoms with Gasteiger partial charge in [0.15, 0.2) is 0 Å². The summed E-state index contributed by atoms with van der Waals surface area (Å²) in [4.78, 5) is 26.2. The Morgan fingerprint density at radius 2 is 2.03 bits per heavy atom. The number of hydrogen-bond acceptors (Lipinski definition) is 5. The average molecular weight is 430 g/mol. The van der Waals surface area contributed by atoms with Crippen molar-refractivity contribution >= 4 is 28.9 Å². The summed E-state index contributed by atoms with van der Waals surface area (Å²) in [5.74, 6) is -2.47. The van der Waals surface area contributed by atoms with Crippen molar-refractivity contribution in [3.8, 4) is 0 Å². The summed E-state index contributed by atoms with van der Waals surface area (Å²) in [6.45, 7) is 3.68. The third-order valence-corrected chi connectivity index (χ3v) is 5.91. The molecule has 1 amide bonds. The van der Waals surface area contributed by atoms with Crippen LogP contribution >= 0.6 is 11.3 Å². The van der Waals surface area contributed by atoms with Crippen molar-refractivity contribution in [3.05, 3.63) is 34.8 Å². The number of alkyl halides is 3. The minimum absolute atomic E-state index is 0.175. The van der Waals surface area contributed by atoms with Gasteiger partial charge >= 0.3 is 12.1 Å². The van der Waals surface area contributed by atoms with E-state index in [1.54, 1.807) is 22.2 Å². The van der Waals surface area contributed by atoms with Gasteiger partial charge < -0.3 is 10.0 Å². The van der Waals surface area contributed by atoms with Crippen LogP contribution in [0.2, 0.25) is 0 Å². The van der Waals surface area contributed by atoms with Crippen molar-refractivity contribution < 1.29 is 27.9 Å². The monoisotopic (exact) mass is 430 g/mol. The molecule has 0 aromatic carbocycles. The Balaban J connectivity index is 0.000000298. The molecule has 1 spiro atoms. The number of likely N-dealkylation sites (tertiary alicyclic amines) is 1. The second-order valence-corrected chi connectivity index (χ2v) is 8.03. The summed E-state index contributed by atoms with van der Waals surface area (Å²) in [5, 5.41) is 15.6. The zero-order chi connectivity index (χ0) is 21.2. The van der Waals surface area contributed by atoms with Crippen LogP contribution in [-0.4, -0.2) is 57.5 Å². The number of carbonyl (C=O) groups is 2. The molecule has 1 unspecified atom stereocenters. The quantitative estimate of drug-likeness (QED) is 0.810. The molecule has 2 aromatic heterocycles. The topological polar surface area (TPSA) is 78.7 Å². The number of rotatable bonds is 3. The number of hydrogen-bond donors (Lipinski definition) is 1. The molecule has 4 heterocycles. The fraction of sp³-hybridized carbons (Fsp3) is 0.500. The van der Waals surface area contributed by atoms with Gasteiger partial charge in [0.25, 0.3) is 0 Å². The van der Waals surface area contributed by atoms with Crippen LogP contribution in [0.15, 0.2) is 29.2 Å². The first-order chi connectivity index (χ1) is 13.6. The largest absolute Gasteiger partial charge is 0.490 e. The Morgan fingerprint density at radius 1 is 1.34 bits per heavy atom. The van der Waals surface area contributed by atoms with Gasteiger partial charge in [0.2, 0.25) is 5.91 Å². The predicted molar refractivity (Wildman–Crippen MR) is 101 cm³/mol. The van der Waals surface area contributed by atoms with Crippen molar-refractivity contribution in [3.63, 3.8) is 0 Å². The highest BCUT2D eigenvalue weighted by Gasteiger charge is 2.51. The molecule has 29 heavy (non-hydrogen) atoms. The Hall–Kier alpha value is -2.40. The zero-order valence-corrected chi connectivity index (χ0v) is 16.5. The van der Waals surface area contributed by atoms with Crippen LogP contribution in [-0.2, 0) is 23.2 Å². The number of thiophene rings is 1. The molecular weight excluding hydrogens is 409 g/mol. The van der Waals surface area contributed by atoms with Gasteiger partial charge in [-0.2, -0.15) is 29.6 Å². The molecule has 158 valence electrons. The number of nitrogens with zero attached hydrogens (tertiary/aromatic N) is 4. The highest BCUT2D eigenvalue weighted by Crippen LogP contribution is 2.42. The molecule has 2 saturated heterocycles. The van der Waals surface area contributed by atoms with E-state index in [0.717, 1.165) is 44.7 Å². The maximum Gasteiger partial charge on any atom is 0.490 e. The molecule has 7 nitrogen and oxygen atoms in total. The summed E-state index contributed by atoms with van der Waals surface area (Å²) in [6.07, 6.45) is 0.567. The molecule has 1 N–H and O–H groups in total. The molecule has 0 bridgehead atoms. The van der Waals surface area contributed by atoms with Crippen LogP contribution in [0.3, 0.4) is 0 Å². The highest BCUT2D eigenvalue weighted by atomic mass is 32.1. The van der Waals surface area contributed by atoms with E-state index in [9.17, 15) is 18.0 Å². The van der Waals surface area contributed by atoms with E-state index in [1.807, 2.05) is 18.1 Å². The maximum absolute atomic E-state index is 13.0. The van der Waals surface area contributed by atoms with Gasteiger partial charge in [0.1, 0.15) is 0 Å². The Labute approximate surface area is 169 Å². The van der Waals surface area contributed by atoms with E-state index in [4.69, 9.17) is 9.90 Å². The van der Waals surface area contributed by atoms with Gasteiger partial charge in [-0.25, -0.2) is 4.79 Å². The van der Waals surface area contributed by atoms with Crippen molar-refractivity contribution in [1.29, 1.82) is 0 Å². The van der Waals surface area contributed by atoms with Crippen LogP contribution in [0.1, 0.15) is 18.4 Å². The third-order valence-electron chi connectivity index (χ3n) is 5.18. The van der Waals surface area contributed by atoms with Crippen LogP contribution < -0.4 is 4.90 Å². The fourth-order valence-electron chi connectivity index (χ4n) is 3.73. The van der Waals surface area contributed by atoms with E-state index in [0.29, 0.717) is 0 Å². The lowest BCUT2D eigenvalue weighted by molar-refractivity contribution is -0.192. The Kier molecular flexibility index (Phi) is 5.99. The predicted octanol–water partition coefficient (Wildman–Crippen LogP) is 2.74. The summed E-state index contributed by atoms with van der Waals surface area (Å²) in [6, 6.07) is 2.17. The molecule has 2 fully saturated rings. The van der Waals surface area contributed by atoms with E-state index >= 15 is 0 Å². The molecular formula is C18H21F3N4O3S. The second kappa shape index (κ2) is 8.15. The molecule has 2 aliphatic heterocycles. The van der Waals surface area contributed by atoms with Crippen LogP contribution in [0.5, 0.6) is 0 Å². The molecule has 1 atom stereocenters. The van der Waals surface area contributed by atoms with Crippen molar-refractivity contribution in [2.24, 2.45) is 12.5 Å². The van der Waals surface area contributed by atoms with Crippen molar-refractivity contribution in [2.75, 3.05) is 24.5 Å². The highest BCUT2D eigenvalue weighted by molar-refractivity contribution is 7.07. The molecule has 0 aliphatic carbocycles. The molecule has 0 saturated carbocycles. The number of aromatic nitrogens is 2. The average Bonchev–Trinajstić information content (AvgIpc) is 3.41. The molecule has 4 rings (SSSR count). The molecule has 2 aromatic rings. The summed E-state index contributed by atoms with van der Waals surface area (Å²) >= 11 is 1.74. The number of aryl methyl sites for hydroxylation is 1. The van der Waals surface area contributed by atoms with Crippen LogP contribution in [0, 0.1) is 5.41 Å². The first-order valence-electron chi connectivity index (χ1n) is 8.95. The van der Waals surface area contributed by atoms with Gasteiger partial charge in [0, 0.05) is 32.9 Å². The fourth-order valence-corrected chi connectivity index (χ4v) is 4.39. The Morgan fingerprint density at radius 3 is 2.59 bits per heavy atom. The lowest BCUT2D eigenvalue weighted by atomic mass is 9.85. The standard InChI is InChI=1S/C16H20N4OS.C2HF3O2/c1-18-10-14(8-17-18)20-6-4-16(15(20)21)3-5-19(12-16)9-13-2-7-22-11-13;3-2(4,5)1(6)7/h2,7-8,10-11H,3-6,9,12H2,1H3;(H,6,7). The smallest absolute Gasteiger partial charge is 0.475 e. The van der Waals surface area contributed by atoms with Crippen LogP contribution in [0.25, 0.3) is 0 Å². The lowest BCUT2D eigenvalue weighted by Crippen LogP contribution is -2.36. The van der Waals surface area contributed by atoms with Gasteiger partial charge in [-0.15, -0.1) is 0 Å². The van der Waals surface area contributed by atoms with Crippen molar-refractivity contribution in [2.45, 2.75) is 25.6 Å². The Bertz CT molecular complexity index is 868. The van der Waals surface area contributed by atoms with E-state index < -0.39 is 12.1 Å². The number of halogens is 3. The van der Waals surface area contributed by atoms with Gasteiger partial charge in [-0.1, -0.05) is 0 Å². The van der Waals surface area contributed by atoms with Gasteiger partial charge in [-0.05, 0) is 41.8 Å². The minimum atomic E-state index is -5.08. The number of aliphatic carboxylic acids is 1. The first-order valence-corrected chi connectivity index (χ1v) is 9.89. The first kappa shape index (κ1) is 21.3. The van der Waals surface area contributed by atoms with E-state index in [1.165, 1.54) is 5.56 Å². The molecule has 2 aliphatic rings. The normalized spacial score (nSPS) is 22.2. The number of carbonyl (C=O) groups excluding carboxylic acids is 1. The minimum Gasteiger partial charge on any atom is -0.475 e. The number of carboxylic acids is 1. The van der Waals surface area contributed by atoms with Gasteiger partial charge in [-0.3, -0.25) is 14.4 Å². The number of anilines is 1. The number of amides is 1. The summed E-state index contributed by atoms with van der Waals surface area (Å²) in [5.41, 5.74) is 2.11. The lowest BCUT2D eigenvalue weighted by Gasteiger charge is -2.23. The van der Waals surface area contributed by atoms with Crippen LogP contribution in [0.4, 0.5) is 18.9 Å². The zero-order valence-electron chi connectivity index (χ0n) is 15.7. The maximum atomic E-state index is 13.0.